The fraction of sp³-hybridized carbons (Fsp3) is 0.391. The van der Waals surface area contributed by atoms with Gasteiger partial charge in [-0.1, -0.05) is 18.2 Å². The average molecular weight is 393 g/mol. The molecule has 1 aliphatic carbocycles. The van der Waals surface area contributed by atoms with Crippen LogP contribution < -0.4 is 15.0 Å². The second-order valence-corrected chi connectivity index (χ2v) is 7.52. The van der Waals surface area contributed by atoms with E-state index >= 15 is 0 Å². The van der Waals surface area contributed by atoms with Crippen LogP contribution in [-0.4, -0.2) is 49.5 Å². The fourth-order valence-corrected chi connectivity index (χ4v) is 3.65. The summed E-state index contributed by atoms with van der Waals surface area (Å²) < 4.78 is 5.74. The van der Waals surface area contributed by atoms with E-state index in [1.54, 1.807) is 6.07 Å². The number of anilines is 2. The van der Waals surface area contributed by atoms with Gasteiger partial charge in [0.15, 0.2) is 0 Å². The first-order valence-electron chi connectivity index (χ1n) is 10.3. The van der Waals surface area contributed by atoms with Gasteiger partial charge >= 0.3 is 0 Å². The number of ether oxygens (including phenoxy) is 1. The van der Waals surface area contributed by atoms with E-state index in [0.29, 0.717) is 30.9 Å². The Labute approximate surface area is 171 Å². The van der Waals surface area contributed by atoms with Gasteiger partial charge in [0, 0.05) is 43.3 Å². The maximum absolute atomic E-state index is 13.0. The molecule has 29 heavy (non-hydrogen) atoms. The lowest BCUT2D eigenvalue weighted by atomic mass is 10.1. The van der Waals surface area contributed by atoms with Gasteiger partial charge in [0.2, 0.25) is 5.91 Å². The molecule has 1 saturated carbocycles. The Kier molecular flexibility index (Phi) is 5.69. The number of carbonyl (C=O) groups excluding carboxylic acids is 2. The van der Waals surface area contributed by atoms with E-state index in [-0.39, 0.29) is 17.7 Å². The van der Waals surface area contributed by atoms with Crippen LogP contribution in [0.1, 0.15) is 30.1 Å². The molecule has 6 heteroatoms. The van der Waals surface area contributed by atoms with Crippen molar-refractivity contribution in [3.63, 3.8) is 0 Å². The highest BCUT2D eigenvalue weighted by molar-refractivity contribution is 5.98. The van der Waals surface area contributed by atoms with E-state index in [9.17, 15) is 9.59 Å². The van der Waals surface area contributed by atoms with Crippen LogP contribution in [0.4, 0.5) is 11.4 Å². The predicted molar refractivity (Wildman–Crippen MR) is 114 cm³/mol. The lowest BCUT2D eigenvalue weighted by Gasteiger charge is -2.36. The number of piperazine rings is 1. The number of hydrogen-bond donors (Lipinski definition) is 1. The molecule has 6 nitrogen and oxygen atoms in total. The van der Waals surface area contributed by atoms with Gasteiger partial charge in [-0.05, 0) is 50.1 Å². The molecule has 1 N–H and O–H groups in total. The minimum absolute atomic E-state index is 0.00487. The van der Waals surface area contributed by atoms with Crippen molar-refractivity contribution in [3.05, 3.63) is 54.1 Å². The SMILES string of the molecule is CCOc1ccccc1N1CCN(C(=O)c2cccc(NC(=O)C3CC3)c2)CC1. The minimum Gasteiger partial charge on any atom is -0.492 e. The standard InChI is InChI=1S/C23H27N3O3/c1-2-29-21-9-4-3-8-20(21)25-12-14-26(15-13-25)23(28)18-6-5-7-19(16-18)24-22(27)17-10-11-17/h3-9,16-17H,2,10-15H2,1H3,(H,24,27). The second kappa shape index (κ2) is 8.55. The van der Waals surface area contributed by atoms with Crippen molar-refractivity contribution in [2.45, 2.75) is 19.8 Å². The lowest BCUT2D eigenvalue weighted by Crippen LogP contribution is -2.48. The Hall–Kier alpha value is -3.02. The van der Waals surface area contributed by atoms with E-state index < -0.39 is 0 Å². The minimum atomic E-state index is 0.00487. The number of amides is 2. The molecule has 1 saturated heterocycles. The summed E-state index contributed by atoms with van der Waals surface area (Å²) in [6.45, 7) is 5.43. The van der Waals surface area contributed by atoms with E-state index in [2.05, 4.69) is 16.3 Å². The molecule has 1 aliphatic heterocycles. The van der Waals surface area contributed by atoms with Crippen molar-refractivity contribution in [1.82, 2.24) is 4.90 Å². The summed E-state index contributed by atoms with van der Waals surface area (Å²) in [6.07, 6.45) is 1.92. The largest absolute Gasteiger partial charge is 0.492 e. The van der Waals surface area contributed by atoms with E-state index in [1.165, 1.54) is 0 Å². The molecule has 2 amide bonds. The van der Waals surface area contributed by atoms with Crippen LogP contribution >= 0.6 is 0 Å². The van der Waals surface area contributed by atoms with Crippen LogP contribution in [0.3, 0.4) is 0 Å². The van der Waals surface area contributed by atoms with Gasteiger partial charge in [0.1, 0.15) is 5.75 Å². The highest BCUT2D eigenvalue weighted by Crippen LogP contribution is 2.31. The lowest BCUT2D eigenvalue weighted by molar-refractivity contribution is -0.117. The number of rotatable bonds is 6. The first kappa shape index (κ1) is 19.3. The second-order valence-electron chi connectivity index (χ2n) is 7.52. The monoisotopic (exact) mass is 393 g/mol. The van der Waals surface area contributed by atoms with Crippen molar-refractivity contribution < 1.29 is 14.3 Å². The molecule has 2 aromatic carbocycles. The van der Waals surface area contributed by atoms with Crippen molar-refractivity contribution >= 4 is 23.2 Å². The van der Waals surface area contributed by atoms with Crippen LogP contribution in [0.25, 0.3) is 0 Å². The molecule has 2 aliphatic rings. The Balaban J connectivity index is 1.38. The third-order valence-corrected chi connectivity index (χ3v) is 5.40. The smallest absolute Gasteiger partial charge is 0.254 e. The fourth-order valence-electron chi connectivity index (χ4n) is 3.65. The summed E-state index contributed by atoms with van der Waals surface area (Å²) >= 11 is 0. The highest BCUT2D eigenvalue weighted by Gasteiger charge is 2.30. The van der Waals surface area contributed by atoms with Crippen molar-refractivity contribution in [1.29, 1.82) is 0 Å². The van der Waals surface area contributed by atoms with Gasteiger partial charge in [0.25, 0.3) is 5.91 Å². The van der Waals surface area contributed by atoms with Gasteiger partial charge in [-0.3, -0.25) is 9.59 Å². The van der Waals surface area contributed by atoms with E-state index in [4.69, 9.17) is 4.74 Å². The normalized spacial score (nSPS) is 16.4. The van der Waals surface area contributed by atoms with Gasteiger partial charge in [-0.25, -0.2) is 0 Å². The molecule has 152 valence electrons. The molecule has 0 spiro atoms. The van der Waals surface area contributed by atoms with Crippen molar-refractivity contribution in [2.75, 3.05) is 43.0 Å². The first-order chi connectivity index (χ1) is 14.2. The van der Waals surface area contributed by atoms with Crippen LogP contribution in [0.5, 0.6) is 5.75 Å². The number of hydrogen-bond acceptors (Lipinski definition) is 4. The van der Waals surface area contributed by atoms with Crippen LogP contribution in [0, 0.1) is 5.92 Å². The zero-order valence-electron chi connectivity index (χ0n) is 16.8. The summed E-state index contributed by atoms with van der Waals surface area (Å²) in [6, 6.07) is 15.3. The molecule has 4 rings (SSSR count). The van der Waals surface area contributed by atoms with Crippen molar-refractivity contribution in [3.8, 4) is 5.75 Å². The van der Waals surface area contributed by atoms with E-state index in [1.807, 2.05) is 48.2 Å². The van der Waals surface area contributed by atoms with Gasteiger partial charge in [-0.2, -0.15) is 0 Å². The highest BCUT2D eigenvalue weighted by atomic mass is 16.5. The van der Waals surface area contributed by atoms with Gasteiger partial charge in [-0.15, -0.1) is 0 Å². The molecular weight excluding hydrogens is 366 g/mol. The maximum atomic E-state index is 13.0. The Morgan fingerprint density at radius 3 is 2.52 bits per heavy atom. The topological polar surface area (TPSA) is 61.9 Å². The summed E-state index contributed by atoms with van der Waals surface area (Å²) in [4.78, 5) is 29.1. The predicted octanol–water partition coefficient (Wildman–Crippen LogP) is 3.40. The number of carbonyl (C=O) groups is 2. The Morgan fingerprint density at radius 2 is 1.79 bits per heavy atom. The third kappa shape index (κ3) is 4.53. The number of para-hydroxylation sites is 2. The van der Waals surface area contributed by atoms with Crippen LogP contribution in [0.15, 0.2) is 48.5 Å². The molecule has 1 heterocycles. The number of nitrogens with zero attached hydrogens (tertiary/aromatic N) is 2. The molecule has 0 bridgehead atoms. The summed E-state index contributed by atoms with van der Waals surface area (Å²) in [5.74, 6) is 1.08. The van der Waals surface area contributed by atoms with Crippen LogP contribution in [0.2, 0.25) is 0 Å². The number of nitrogens with one attached hydrogen (secondary N) is 1. The summed E-state index contributed by atoms with van der Waals surface area (Å²) in [7, 11) is 0. The zero-order chi connectivity index (χ0) is 20.2. The third-order valence-electron chi connectivity index (χ3n) is 5.40. The Bertz CT molecular complexity index is 886. The quantitative estimate of drug-likeness (QED) is 0.817. The van der Waals surface area contributed by atoms with E-state index in [0.717, 1.165) is 37.4 Å². The average Bonchev–Trinajstić information content (AvgIpc) is 3.60. The first-order valence-corrected chi connectivity index (χ1v) is 10.3. The molecule has 0 aromatic heterocycles. The molecule has 0 atom stereocenters. The molecule has 2 aromatic rings. The summed E-state index contributed by atoms with van der Waals surface area (Å²) in [5.41, 5.74) is 2.38. The maximum Gasteiger partial charge on any atom is 0.254 e. The van der Waals surface area contributed by atoms with Gasteiger partial charge in [0.05, 0.1) is 12.3 Å². The zero-order valence-corrected chi connectivity index (χ0v) is 16.8. The van der Waals surface area contributed by atoms with Gasteiger partial charge < -0.3 is 19.9 Å². The Morgan fingerprint density at radius 1 is 1.03 bits per heavy atom. The van der Waals surface area contributed by atoms with Crippen LogP contribution in [-0.2, 0) is 4.79 Å². The number of benzene rings is 2. The summed E-state index contributed by atoms with van der Waals surface area (Å²) in [5, 5.41) is 2.92. The molecular formula is C23H27N3O3. The van der Waals surface area contributed by atoms with Crippen molar-refractivity contribution in [2.24, 2.45) is 5.92 Å². The molecule has 0 unspecified atom stereocenters. The molecule has 2 fully saturated rings. The molecule has 0 radical (unpaired) electrons.